The van der Waals surface area contributed by atoms with Crippen molar-refractivity contribution in [3.8, 4) is 5.75 Å². The van der Waals surface area contributed by atoms with Gasteiger partial charge in [0.1, 0.15) is 5.75 Å². The molecule has 25 heavy (non-hydrogen) atoms. The molecule has 2 rings (SSSR count). The van der Waals surface area contributed by atoms with E-state index in [1.165, 1.54) is 0 Å². The Bertz CT molecular complexity index is 679. The van der Waals surface area contributed by atoms with Crippen molar-refractivity contribution in [3.63, 3.8) is 0 Å². The SMILES string of the molecule is C[C@H](Oc1ccccc1)C(=O)NCc1nc(N(C)C)nc(N(C)C)n1. The molecule has 0 aliphatic carbocycles. The van der Waals surface area contributed by atoms with Gasteiger partial charge in [-0.1, -0.05) is 18.2 Å². The fraction of sp³-hybridized carbons (Fsp3) is 0.412. The summed E-state index contributed by atoms with van der Waals surface area (Å²) in [5, 5.41) is 2.80. The van der Waals surface area contributed by atoms with Crippen molar-refractivity contribution in [2.24, 2.45) is 0 Å². The number of amides is 1. The van der Waals surface area contributed by atoms with Gasteiger partial charge in [0.15, 0.2) is 11.9 Å². The summed E-state index contributed by atoms with van der Waals surface area (Å²) in [5.74, 6) is 1.98. The lowest BCUT2D eigenvalue weighted by Gasteiger charge is -2.17. The number of nitrogens with one attached hydrogen (secondary N) is 1. The van der Waals surface area contributed by atoms with Crippen LogP contribution in [0.2, 0.25) is 0 Å². The molecule has 1 atom stereocenters. The smallest absolute Gasteiger partial charge is 0.261 e. The summed E-state index contributed by atoms with van der Waals surface area (Å²) >= 11 is 0. The van der Waals surface area contributed by atoms with Gasteiger partial charge in [0.05, 0.1) is 6.54 Å². The second-order valence-electron chi connectivity index (χ2n) is 5.93. The highest BCUT2D eigenvalue weighted by atomic mass is 16.5. The Labute approximate surface area is 147 Å². The van der Waals surface area contributed by atoms with Crippen molar-refractivity contribution < 1.29 is 9.53 Å². The number of hydrogen-bond acceptors (Lipinski definition) is 7. The Balaban J connectivity index is 2.01. The molecule has 0 saturated heterocycles. The highest BCUT2D eigenvalue weighted by Crippen LogP contribution is 2.12. The number of ether oxygens (including phenoxy) is 1. The Kier molecular flexibility index (Phi) is 6.10. The number of nitrogens with zero attached hydrogens (tertiary/aromatic N) is 5. The predicted molar refractivity (Wildman–Crippen MR) is 96.9 cm³/mol. The third-order valence-electron chi connectivity index (χ3n) is 3.30. The first-order chi connectivity index (χ1) is 11.9. The van der Waals surface area contributed by atoms with E-state index in [2.05, 4.69) is 20.3 Å². The number of carbonyl (C=O) groups excluding carboxylic acids is 1. The van der Waals surface area contributed by atoms with Crippen molar-refractivity contribution >= 4 is 17.8 Å². The van der Waals surface area contributed by atoms with Crippen LogP contribution in [0.3, 0.4) is 0 Å². The normalized spacial score (nSPS) is 11.6. The molecule has 0 spiro atoms. The Hall–Kier alpha value is -2.90. The summed E-state index contributed by atoms with van der Waals surface area (Å²) in [6.07, 6.45) is -0.620. The van der Waals surface area contributed by atoms with Crippen molar-refractivity contribution in [2.45, 2.75) is 19.6 Å². The van der Waals surface area contributed by atoms with Gasteiger partial charge in [0, 0.05) is 28.2 Å². The molecule has 0 aliphatic rings. The lowest BCUT2D eigenvalue weighted by molar-refractivity contribution is -0.127. The third kappa shape index (κ3) is 5.30. The monoisotopic (exact) mass is 344 g/mol. The van der Waals surface area contributed by atoms with Crippen molar-refractivity contribution in [2.75, 3.05) is 38.0 Å². The Morgan fingerprint density at radius 1 is 1.04 bits per heavy atom. The van der Waals surface area contributed by atoms with Crippen LogP contribution in [-0.2, 0) is 11.3 Å². The van der Waals surface area contributed by atoms with E-state index >= 15 is 0 Å². The highest BCUT2D eigenvalue weighted by Gasteiger charge is 2.16. The zero-order chi connectivity index (χ0) is 18.4. The molecule has 0 bridgehead atoms. The number of hydrogen-bond donors (Lipinski definition) is 1. The second-order valence-corrected chi connectivity index (χ2v) is 5.93. The molecule has 0 radical (unpaired) electrons. The van der Waals surface area contributed by atoms with E-state index in [1.54, 1.807) is 16.7 Å². The molecule has 1 aromatic heterocycles. The van der Waals surface area contributed by atoms with E-state index in [9.17, 15) is 4.79 Å². The molecule has 0 saturated carbocycles. The van der Waals surface area contributed by atoms with Crippen molar-refractivity contribution in [1.29, 1.82) is 0 Å². The van der Waals surface area contributed by atoms with Gasteiger partial charge in [-0.2, -0.15) is 15.0 Å². The van der Waals surface area contributed by atoms with Crippen molar-refractivity contribution in [3.05, 3.63) is 36.2 Å². The molecule has 8 nitrogen and oxygen atoms in total. The quantitative estimate of drug-likeness (QED) is 0.805. The van der Waals surface area contributed by atoms with Gasteiger partial charge in [-0.15, -0.1) is 0 Å². The number of rotatable bonds is 7. The fourth-order valence-corrected chi connectivity index (χ4v) is 1.94. The molecule has 0 fully saturated rings. The first-order valence-electron chi connectivity index (χ1n) is 7.96. The first-order valence-corrected chi connectivity index (χ1v) is 7.96. The van der Waals surface area contributed by atoms with Crippen LogP contribution in [0.25, 0.3) is 0 Å². The Morgan fingerprint density at radius 3 is 2.12 bits per heavy atom. The summed E-state index contributed by atoms with van der Waals surface area (Å²) in [4.78, 5) is 28.9. The number of carbonyl (C=O) groups is 1. The number of para-hydroxylation sites is 1. The Morgan fingerprint density at radius 2 is 1.60 bits per heavy atom. The van der Waals surface area contributed by atoms with E-state index in [0.29, 0.717) is 23.5 Å². The number of benzene rings is 1. The van der Waals surface area contributed by atoms with E-state index in [0.717, 1.165) is 0 Å². The fourth-order valence-electron chi connectivity index (χ4n) is 1.94. The number of aromatic nitrogens is 3. The molecule has 0 unspecified atom stereocenters. The minimum atomic E-state index is -0.620. The van der Waals surface area contributed by atoms with E-state index in [1.807, 2.05) is 58.5 Å². The molecule has 2 aromatic rings. The molecule has 134 valence electrons. The average Bonchev–Trinajstić information content (AvgIpc) is 2.60. The average molecular weight is 344 g/mol. The largest absolute Gasteiger partial charge is 0.481 e. The lowest BCUT2D eigenvalue weighted by Crippen LogP contribution is -2.36. The highest BCUT2D eigenvalue weighted by molar-refractivity contribution is 5.80. The zero-order valence-electron chi connectivity index (χ0n) is 15.2. The predicted octanol–water partition coefficient (Wildman–Crippen LogP) is 1.09. The summed E-state index contributed by atoms with van der Waals surface area (Å²) in [5.41, 5.74) is 0. The van der Waals surface area contributed by atoms with Gasteiger partial charge < -0.3 is 19.9 Å². The van der Waals surface area contributed by atoms with Gasteiger partial charge in [0.2, 0.25) is 11.9 Å². The van der Waals surface area contributed by atoms with Crippen LogP contribution < -0.4 is 19.9 Å². The standard InChI is InChI=1S/C17H24N6O2/c1-12(25-13-9-7-6-8-10-13)15(24)18-11-14-19-16(22(2)3)21-17(20-14)23(4)5/h6-10,12H,11H2,1-5H3,(H,18,24)/t12-/m0/s1. The van der Waals surface area contributed by atoms with Crippen LogP contribution in [0.5, 0.6) is 5.75 Å². The van der Waals surface area contributed by atoms with Crippen LogP contribution >= 0.6 is 0 Å². The van der Waals surface area contributed by atoms with E-state index in [4.69, 9.17) is 4.74 Å². The van der Waals surface area contributed by atoms with Gasteiger partial charge in [-0.3, -0.25) is 4.79 Å². The molecule has 1 heterocycles. The summed E-state index contributed by atoms with van der Waals surface area (Å²) < 4.78 is 5.61. The number of anilines is 2. The summed E-state index contributed by atoms with van der Waals surface area (Å²) in [7, 11) is 7.42. The van der Waals surface area contributed by atoms with E-state index in [-0.39, 0.29) is 12.5 Å². The van der Waals surface area contributed by atoms with Crippen LogP contribution in [0.4, 0.5) is 11.9 Å². The zero-order valence-corrected chi connectivity index (χ0v) is 15.2. The van der Waals surface area contributed by atoms with Gasteiger partial charge in [-0.25, -0.2) is 0 Å². The maximum absolute atomic E-state index is 12.2. The molecule has 8 heteroatoms. The van der Waals surface area contributed by atoms with Crippen LogP contribution in [0, 0.1) is 0 Å². The summed E-state index contributed by atoms with van der Waals surface area (Å²) in [6.45, 7) is 1.90. The first kappa shape index (κ1) is 18.4. The third-order valence-corrected chi connectivity index (χ3v) is 3.30. The second kappa shape index (κ2) is 8.27. The minimum absolute atomic E-state index is 0.200. The van der Waals surface area contributed by atoms with Gasteiger partial charge >= 0.3 is 0 Å². The van der Waals surface area contributed by atoms with Gasteiger partial charge in [-0.05, 0) is 19.1 Å². The van der Waals surface area contributed by atoms with Crippen LogP contribution in [0.15, 0.2) is 30.3 Å². The maximum Gasteiger partial charge on any atom is 0.261 e. The van der Waals surface area contributed by atoms with Gasteiger partial charge in [0.25, 0.3) is 5.91 Å². The minimum Gasteiger partial charge on any atom is -0.481 e. The van der Waals surface area contributed by atoms with Crippen LogP contribution in [-0.4, -0.2) is 55.2 Å². The maximum atomic E-state index is 12.2. The summed E-state index contributed by atoms with van der Waals surface area (Å²) in [6, 6.07) is 9.22. The lowest BCUT2D eigenvalue weighted by atomic mass is 10.3. The molecule has 1 N–H and O–H groups in total. The van der Waals surface area contributed by atoms with Crippen LogP contribution in [0.1, 0.15) is 12.7 Å². The molecular formula is C17H24N6O2. The topological polar surface area (TPSA) is 83.5 Å². The molecule has 1 aromatic carbocycles. The van der Waals surface area contributed by atoms with E-state index < -0.39 is 6.10 Å². The molecular weight excluding hydrogens is 320 g/mol. The molecule has 1 amide bonds. The van der Waals surface area contributed by atoms with Crippen molar-refractivity contribution in [1.82, 2.24) is 20.3 Å². The molecule has 0 aliphatic heterocycles.